The summed E-state index contributed by atoms with van der Waals surface area (Å²) in [4.78, 5) is 12.3. The van der Waals surface area contributed by atoms with Gasteiger partial charge in [0.05, 0.1) is 7.11 Å². The van der Waals surface area contributed by atoms with E-state index >= 15 is 0 Å². The summed E-state index contributed by atoms with van der Waals surface area (Å²) >= 11 is 0. The lowest BCUT2D eigenvalue weighted by molar-refractivity contribution is 0.262. The third-order valence-corrected chi connectivity index (χ3v) is 5.75. The van der Waals surface area contributed by atoms with Gasteiger partial charge >= 0.3 is 6.03 Å². The van der Waals surface area contributed by atoms with E-state index in [4.69, 9.17) is 4.74 Å². The molecule has 0 spiro atoms. The molecule has 0 saturated carbocycles. The van der Waals surface area contributed by atoms with Gasteiger partial charge in [0.15, 0.2) is 0 Å². The van der Waals surface area contributed by atoms with Gasteiger partial charge < -0.3 is 25.8 Å². The van der Waals surface area contributed by atoms with E-state index in [1.54, 1.807) is 19.2 Å². The minimum absolute atomic E-state index is 0.293. The number of amides is 2. The van der Waals surface area contributed by atoms with Gasteiger partial charge in [-0.25, -0.2) is 4.79 Å². The normalized spacial score (nSPS) is 17.7. The quantitative estimate of drug-likeness (QED) is 0.427. The minimum atomic E-state index is -0.293. The highest BCUT2D eigenvalue weighted by atomic mass is 16.5. The van der Waals surface area contributed by atoms with Gasteiger partial charge in [0.2, 0.25) is 0 Å². The van der Waals surface area contributed by atoms with Crippen LogP contribution in [0, 0.1) is 0 Å². The van der Waals surface area contributed by atoms with E-state index in [2.05, 4.69) is 34.1 Å². The number of methoxy groups -OCH3 is 1. The van der Waals surface area contributed by atoms with Crippen LogP contribution in [-0.4, -0.2) is 30.3 Å². The van der Waals surface area contributed by atoms with Gasteiger partial charge in [0.1, 0.15) is 11.5 Å². The second-order valence-corrected chi connectivity index (χ2v) is 8.22. The Morgan fingerprint density at radius 3 is 2.31 bits per heavy atom. The van der Waals surface area contributed by atoms with Gasteiger partial charge in [0, 0.05) is 29.5 Å². The highest BCUT2D eigenvalue weighted by molar-refractivity contribution is 5.99. The van der Waals surface area contributed by atoms with Crippen molar-refractivity contribution < 1.29 is 14.6 Å². The molecular formula is C26H29N3O3. The summed E-state index contributed by atoms with van der Waals surface area (Å²) in [6.07, 6.45) is 4.14. The predicted molar refractivity (Wildman–Crippen MR) is 128 cm³/mol. The molecule has 4 rings (SSSR count). The van der Waals surface area contributed by atoms with Crippen molar-refractivity contribution in [3.05, 3.63) is 83.9 Å². The van der Waals surface area contributed by atoms with E-state index in [0.717, 1.165) is 36.9 Å². The van der Waals surface area contributed by atoms with E-state index < -0.39 is 0 Å². The molecule has 3 aromatic carbocycles. The lowest BCUT2D eigenvalue weighted by atomic mass is 10.0. The Bertz CT molecular complexity index is 1050. The molecule has 1 saturated heterocycles. The number of carbonyl (C=O) groups is 1. The molecule has 4 N–H and O–H groups in total. The highest BCUT2D eigenvalue weighted by Gasteiger charge is 2.24. The molecule has 3 aromatic rings. The van der Waals surface area contributed by atoms with E-state index in [1.165, 1.54) is 5.56 Å². The topological polar surface area (TPSA) is 82.6 Å². The first-order chi connectivity index (χ1) is 15.6. The van der Waals surface area contributed by atoms with E-state index in [9.17, 15) is 9.90 Å². The van der Waals surface area contributed by atoms with Gasteiger partial charge in [0.25, 0.3) is 0 Å². The number of hydrogen-bond donors (Lipinski definition) is 4. The average Bonchev–Trinajstić information content (AvgIpc) is 3.22. The van der Waals surface area contributed by atoms with Crippen LogP contribution in [0.15, 0.2) is 72.8 Å². The maximum Gasteiger partial charge on any atom is 0.323 e. The van der Waals surface area contributed by atoms with Crippen molar-refractivity contribution in [1.82, 2.24) is 5.32 Å². The Morgan fingerprint density at radius 1 is 0.906 bits per heavy atom. The number of anilines is 2. The van der Waals surface area contributed by atoms with Crippen LogP contribution in [0.2, 0.25) is 0 Å². The number of rotatable bonds is 7. The van der Waals surface area contributed by atoms with Gasteiger partial charge in [-0.05, 0) is 73.2 Å². The predicted octanol–water partition coefficient (Wildman–Crippen LogP) is 4.95. The van der Waals surface area contributed by atoms with Crippen LogP contribution < -0.4 is 20.7 Å². The third kappa shape index (κ3) is 6.02. The van der Waals surface area contributed by atoms with Crippen LogP contribution >= 0.6 is 0 Å². The maximum absolute atomic E-state index is 12.3. The molecule has 6 heteroatoms. The second-order valence-electron chi connectivity index (χ2n) is 8.22. The summed E-state index contributed by atoms with van der Waals surface area (Å²) < 4.78 is 5.18. The molecule has 1 heterocycles. The molecule has 32 heavy (non-hydrogen) atoms. The first-order valence-electron chi connectivity index (χ1n) is 10.9. The van der Waals surface area contributed by atoms with Gasteiger partial charge in [-0.2, -0.15) is 0 Å². The van der Waals surface area contributed by atoms with Crippen LogP contribution in [-0.2, 0) is 12.8 Å². The van der Waals surface area contributed by atoms with Crippen molar-refractivity contribution in [2.75, 3.05) is 17.7 Å². The van der Waals surface area contributed by atoms with Crippen LogP contribution in [0.3, 0.4) is 0 Å². The summed E-state index contributed by atoms with van der Waals surface area (Å²) in [7, 11) is 1.59. The Labute approximate surface area is 188 Å². The number of phenolic OH excluding ortho intramolecular Hbond substituents is 1. The Balaban J connectivity index is 1.25. The Hall–Kier alpha value is -3.51. The number of ether oxygens (including phenoxy) is 1. The Kier molecular flexibility index (Phi) is 6.92. The first-order valence-corrected chi connectivity index (χ1v) is 10.9. The van der Waals surface area contributed by atoms with Crippen LogP contribution in [0.5, 0.6) is 11.5 Å². The molecule has 1 fully saturated rings. The summed E-state index contributed by atoms with van der Waals surface area (Å²) in [5.41, 5.74) is 3.81. The van der Waals surface area contributed by atoms with E-state index in [-0.39, 0.29) is 6.03 Å². The molecule has 0 aliphatic carbocycles. The first kappa shape index (κ1) is 21.7. The fourth-order valence-corrected chi connectivity index (χ4v) is 4.20. The molecule has 2 amide bonds. The zero-order valence-corrected chi connectivity index (χ0v) is 18.2. The zero-order chi connectivity index (χ0) is 22.3. The second kappa shape index (κ2) is 10.2. The van der Waals surface area contributed by atoms with Gasteiger partial charge in [-0.1, -0.05) is 30.3 Å². The maximum atomic E-state index is 12.3. The summed E-state index contributed by atoms with van der Waals surface area (Å²) in [5, 5.41) is 19.0. The fraction of sp³-hybridized carbons (Fsp3) is 0.269. The van der Waals surface area contributed by atoms with E-state index in [0.29, 0.717) is 29.3 Å². The number of aromatic hydroxyl groups is 1. The number of urea groups is 1. The summed E-state index contributed by atoms with van der Waals surface area (Å²) in [6.45, 7) is 0. The summed E-state index contributed by atoms with van der Waals surface area (Å²) in [6, 6.07) is 23.3. The standard InChI is InChI=1S/C26H29N3O3/c1-32-25-7-3-5-21(17-25)29-26(31)28-20-10-8-18(9-11-20)14-22-12-13-23(27-22)15-19-4-2-6-24(30)16-19/h2-11,16-17,22-23,27,30H,12-15H2,1H3,(H2,28,29,31)/t22-,23-/m1/s1. The molecule has 166 valence electrons. The fourth-order valence-electron chi connectivity index (χ4n) is 4.20. The molecule has 0 radical (unpaired) electrons. The van der Waals surface area contributed by atoms with Crippen molar-refractivity contribution in [1.29, 1.82) is 0 Å². The highest BCUT2D eigenvalue weighted by Crippen LogP contribution is 2.22. The minimum Gasteiger partial charge on any atom is -0.508 e. The Morgan fingerprint density at radius 2 is 1.59 bits per heavy atom. The number of nitrogens with one attached hydrogen (secondary N) is 3. The monoisotopic (exact) mass is 431 g/mol. The molecule has 2 atom stereocenters. The largest absolute Gasteiger partial charge is 0.508 e. The lowest BCUT2D eigenvalue weighted by Crippen LogP contribution is -2.32. The SMILES string of the molecule is COc1cccc(NC(=O)Nc2ccc(C[C@H]3CC[C@H](Cc4cccc(O)c4)N3)cc2)c1. The smallest absolute Gasteiger partial charge is 0.323 e. The third-order valence-electron chi connectivity index (χ3n) is 5.75. The zero-order valence-electron chi connectivity index (χ0n) is 18.2. The van der Waals surface area contributed by atoms with Crippen LogP contribution in [0.4, 0.5) is 16.2 Å². The number of hydrogen-bond acceptors (Lipinski definition) is 4. The number of phenols is 1. The van der Waals surface area contributed by atoms with Gasteiger partial charge in [-0.15, -0.1) is 0 Å². The van der Waals surface area contributed by atoms with Gasteiger partial charge in [-0.3, -0.25) is 0 Å². The molecule has 0 bridgehead atoms. The van der Waals surface area contributed by atoms with Crippen molar-refractivity contribution in [3.8, 4) is 11.5 Å². The van der Waals surface area contributed by atoms with Crippen molar-refractivity contribution >= 4 is 17.4 Å². The van der Waals surface area contributed by atoms with Crippen molar-refractivity contribution in [3.63, 3.8) is 0 Å². The van der Waals surface area contributed by atoms with Crippen molar-refractivity contribution in [2.45, 2.75) is 37.8 Å². The molecule has 0 unspecified atom stereocenters. The lowest BCUT2D eigenvalue weighted by Gasteiger charge is -2.15. The van der Waals surface area contributed by atoms with Crippen LogP contribution in [0.1, 0.15) is 24.0 Å². The molecule has 0 aromatic heterocycles. The van der Waals surface area contributed by atoms with Crippen molar-refractivity contribution in [2.24, 2.45) is 0 Å². The number of carbonyl (C=O) groups excluding carboxylic acids is 1. The molecule has 6 nitrogen and oxygen atoms in total. The number of benzene rings is 3. The van der Waals surface area contributed by atoms with E-state index in [1.807, 2.05) is 42.5 Å². The molecule has 1 aliphatic heterocycles. The molecular weight excluding hydrogens is 402 g/mol. The molecule has 1 aliphatic rings. The van der Waals surface area contributed by atoms with Crippen LogP contribution in [0.25, 0.3) is 0 Å². The average molecular weight is 432 g/mol. The summed E-state index contributed by atoms with van der Waals surface area (Å²) in [5.74, 6) is 1.01.